The average Bonchev–Trinajstić information content (AvgIpc) is 2.97. The van der Waals surface area contributed by atoms with Crippen molar-refractivity contribution in [2.75, 3.05) is 13.2 Å². The van der Waals surface area contributed by atoms with E-state index in [4.69, 9.17) is 9.47 Å². The minimum Gasteiger partial charge on any atom is -0.493 e. The van der Waals surface area contributed by atoms with Crippen LogP contribution in [0.3, 0.4) is 0 Å². The van der Waals surface area contributed by atoms with Crippen molar-refractivity contribution in [2.24, 2.45) is 5.92 Å². The molecule has 0 amide bonds. The standard InChI is InChI=1S/C34H39F3O3/c1-3-5-6-20-39-27-16-19-32(30(35)21-27)40-22-23-8-10-24(11-9-23)28-17-18-29(34(37)33(28)36)25-12-14-26(15-13-25)31(38)7-4-2/h3,12-19,21,23-24,31,38H,1,4-11,20,22H2,2H3. The van der Waals surface area contributed by atoms with Gasteiger partial charge >= 0.3 is 0 Å². The number of ether oxygens (including phenoxy) is 2. The van der Waals surface area contributed by atoms with E-state index in [2.05, 4.69) is 6.58 Å². The first-order valence-electron chi connectivity index (χ1n) is 14.3. The van der Waals surface area contributed by atoms with E-state index in [1.807, 2.05) is 13.0 Å². The van der Waals surface area contributed by atoms with Crippen LogP contribution in [0.15, 0.2) is 67.3 Å². The van der Waals surface area contributed by atoms with E-state index in [9.17, 15) is 9.50 Å². The first kappa shape index (κ1) is 29.7. The Morgan fingerprint density at radius 2 is 1.70 bits per heavy atom. The summed E-state index contributed by atoms with van der Waals surface area (Å²) in [5.74, 6) is -1.27. The molecule has 0 spiro atoms. The van der Waals surface area contributed by atoms with Crippen LogP contribution in [0.4, 0.5) is 13.2 Å². The molecule has 1 fully saturated rings. The fourth-order valence-corrected chi connectivity index (χ4v) is 5.38. The van der Waals surface area contributed by atoms with Gasteiger partial charge in [0.1, 0.15) is 5.75 Å². The van der Waals surface area contributed by atoms with Gasteiger partial charge in [-0.15, -0.1) is 6.58 Å². The van der Waals surface area contributed by atoms with Crippen LogP contribution in [0, 0.1) is 23.4 Å². The third-order valence-electron chi connectivity index (χ3n) is 7.77. The largest absolute Gasteiger partial charge is 0.493 e. The lowest BCUT2D eigenvalue weighted by atomic mass is 9.78. The van der Waals surface area contributed by atoms with Crippen molar-refractivity contribution in [3.8, 4) is 22.6 Å². The second-order valence-electron chi connectivity index (χ2n) is 10.7. The minimum absolute atomic E-state index is 0.0689. The van der Waals surface area contributed by atoms with Crippen molar-refractivity contribution in [3.63, 3.8) is 0 Å². The molecule has 4 rings (SSSR count). The van der Waals surface area contributed by atoms with Gasteiger partial charge in [0.05, 0.1) is 19.3 Å². The molecule has 0 saturated heterocycles. The van der Waals surface area contributed by atoms with Gasteiger partial charge in [0.2, 0.25) is 0 Å². The number of halogens is 3. The maximum Gasteiger partial charge on any atom is 0.168 e. The Kier molecular flexibility index (Phi) is 10.7. The minimum atomic E-state index is -0.839. The Morgan fingerprint density at radius 1 is 0.950 bits per heavy atom. The second-order valence-corrected chi connectivity index (χ2v) is 10.7. The summed E-state index contributed by atoms with van der Waals surface area (Å²) >= 11 is 0. The molecule has 0 radical (unpaired) electrons. The van der Waals surface area contributed by atoms with Crippen LogP contribution in [0.2, 0.25) is 0 Å². The van der Waals surface area contributed by atoms with E-state index < -0.39 is 23.6 Å². The van der Waals surface area contributed by atoms with E-state index in [1.165, 1.54) is 6.07 Å². The van der Waals surface area contributed by atoms with Gasteiger partial charge in [-0.25, -0.2) is 13.2 Å². The van der Waals surface area contributed by atoms with E-state index in [-0.39, 0.29) is 23.1 Å². The summed E-state index contributed by atoms with van der Waals surface area (Å²) in [5, 5.41) is 10.2. The highest BCUT2D eigenvalue weighted by molar-refractivity contribution is 5.65. The molecular weight excluding hydrogens is 513 g/mol. The van der Waals surface area contributed by atoms with E-state index in [0.717, 1.165) is 37.7 Å². The molecule has 1 N–H and O–H groups in total. The number of aliphatic hydroxyl groups excluding tert-OH is 1. The molecule has 40 heavy (non-hydrogen) atoms. The van der Waals surface area contributed by atoms with Crippen molar-refractivity contribution < 1.29 is 27.8 Å². The van der Waals surface area contributed by atoms with Crippen LogP contribution in [-0.4, -0.2) is 18.3 Å². The van der Waals surface area contributed by atoms with Crippen molar-refractivity contribution in [1.29, 1.82) is 0 Å². The molecule has 214 valence electrons. The van der Waals surface area contributed by atoms with E-state index >= 15 is 8.78 Å². The van der Waals surface area contributed by atoms with Crippen LogP contribution in [0.25, 0.3) is 11.1 Å². The third kappa shape index (κ3) is 7.48. The predicted octanol–water partition coefficient (Wildman–Crippen LogP) is 9.30. The first-order chi connectivity index (χ1) is 19.4. The number of aliphatic hydroxyl groups is 1. The lowest BCUT2D eigenvalue weighted by Crippen LogP contribution is -2.20. The van der Waals surface area contributed by atoms with E-state index in [1.54, 1.807) is 48.5 Å². The molecule has 0 aliphatic heterocycles. The van der Waals surface area contributed by atoms with Crippen LogP contribution >= 0.6 is 0 Å². The SMILES string of the molecule is C=CCCCOc1ccc(OCC2CCC(c3ccc(-c4ccc(C(O)CCC)cc4)c(F)c3F)CC2)c(F)c1. The van der Waals surface area contributed by atoms with Gasteiger partial charge in [0.15, 0.2) is 23.2 Å². The number of benzene rings is 3. The smallest absolute Gasteiger partial charge is 0.168 e. The van der Waals surface area contributed by atoms with Gasteiger partial charge in [0.25, 0.3) is 0 Å². The average molecular weight is 553 g/mol. The summed E-state index contributed by atoms with van der Waals surface area (Å²) in [7, 11) is 0. The maximum absolute atomic E-state index is 15.2. The van der Waals surface area contributed by atoms with Gasteiger partial charge in [-0.1, -0.05) is 55.8 Å². The Labute approximate surface area is 235 Å². The summed E-state index contributed by atoms with van der Waals surface area (Å²) in [6.45, 7) is 6.55. The lowest BCUT2D eigenvalue weighted by Gasteiger charge is -2.29. The topological polar surface area (TPSA) is 38.7 Å². The molecule has 0 bridgehead atoms. The zero-order valence-electron chi connectivity index (χ0n) is 23.2. The zero-order valence-corrected chi connectivity index (χ0v) is 23.2. The summed E-state index contributed by atoms with van der Waals surface area (Å²) in [5.41, 5.74) is 1.98. The molecule has 1 aliphatic carbocycles. The first-order valence-corrected chi connectivity index (χ1v) is 14.3. The van der Waals surface area contributed by atoms with Crippen molar-refractivity contribution in [3.05, 3.63) is 95.8 Å². The number of hydrogen-bond acceptors (Lipinski definition) is 3. The molecule has 3 aromatic carbocycles. The van der Waals surface area contributed by atoms with Crippen LogP contribution < -0.4 is 9.47 Å². The predicted molar refractivity (Wildman–Crippen MR) is 153 cm³/mol. The quantitative estimate of drug-likeness (QED) is 0.170. The lowest BCUT2D eigenvalue weighted by molar-refractivity contribution is 0.166. The molecule has 3 aromatic rings. The molecule has 1 aliphatic rings. The van der Waals surface area contributed by atoms with Crippen molar-refractivity contribution in [2.45, 2.75) is 70.3 Å². The van der Waals surface area contributed by atoms with Crippen molar-refractivity contribution >= 4 is 0 Å². The summed E-state index contributed by atoms with van der Waals surface area (Å²) in [6.07, 6.45) is 7.47. The molecule has 6 heteroatoms. The summed E-state index contributed by atoms with van der Waals surface area (Å²) in [4.78, 5) is 0. The van der Waals surface area contributed by atoms with Crippen LogP contribution in [-0.2, 0) is 0 Å². The zero-order chi connectivity index (χ0) is 28.5. The highest BCUT2D eigenvalue weighted by Gasteiger charge is 2.27. The number of hydrogen-bond donors (Lipinski definition) is 1. The Bertz CT molecular complexity index is 1250. The Hall–Kier alpha value is -3.25. The highest BCUT2D eigenvalue weighted by Crippen LogP contribution is 2.39. The van der Waals surface area contributed by atoms with E-state index in [0.29, 0.717) is 49.4 Å². The Balaban J connectivity index is 1.30. The molecule has 1 saturated carbocycles. The third-order valence-corrected chi connectivity index (χ3v) is 7.77. The monoisotopic (exact) mass is 552 g/mol. The number of rotatable bonds is 13. The van der Waals surface area contributed by atoms with Crippen LogP contribution in [0.5, 0.6) is 11.5 Å². The molecule has 0 heterocycles. The number of unbranched alkanes of at least 4 members (excludes halogenated alkanes) is 1. The van der Waals surface area contributed by atoms with Gasteiger partial charge in [-0.3, -0.25) is 0 Å². The van der Waals surface area contributed by atoms with Gasteiger partial charge < -0.3 is 14.6 Å². The van der Waals surface area contributed by atoms with Crippen LogP contribution in [0.1, 0.15) is 81.4 Å². The molecule has 1 unspecified atom stereocenters. The fraction of sp³-hybridized carbons (Fsp3) is 0.412. The maximum atomic E-state index is 15.2. The van der Waals surface area contributed by atoms with Gasteiger partial charge in [-0.05, 0) is 85.6 Å². The summed E-state index contributed by atoms with van der Waals surface area (Å²) < 4.78 is 56.1. The molecule has 0 aromatic heterocycles. The van der Waals surface area contributed by atoms with Gasteiger partial charge in [0, 0.05) is 11.6 Å². The fourth-order valence-electron chi connectivity index (χ4n) is 5.38. The van der Waals surface area contributed by atoms with Crippen molar-refractivity contribution in [1.82, 2.24) is 0 Å². The molecular formula is C34H39F3O3. The molecule has 3 nitrogen and oxygen atoms in total. The normalized spacial score (nSPS) is 17.8. The molecule has 1 atom stereocenters. The summed E-state index contributed by atoms with van der Waals surface area (Å²) in [6, 6.07) is 15.0. The Morgan fingerprint density at radius 3 is 2.38 bits per heavy atom. The number of allylic oxidation sites excluding steroid dienone is 1. The second kappa shape index (κ2) is 14.4. The van der Waals surface area contributed by atoms with Gasteiger partial charge in [-0.2, -0.15) is 0 Å². The highest BCUT2D eigenvalue weighted by atomic mass is 19.2.